The second kappa shape index (κ2) is 7.84. The monoisotopic (exact) mass is 301 g/mol. The molecule has 0 saturated carbocycles. The van der Waals surface area contributed by atoms with Crippen LogP contribution in [0.25, 0.3) is 10.9 Å². The number of benzene rings is 1. The Morgan fingerprint density at radius 2 is 2.14 bits per heavy atom. The summed E-state index contributed by atoms with van der Waals surface area (Å²) in [6, 6.07) is 9.64. The normalized spacial score (nSPS) is 10.7. The molecule has 0 N–H and O–H groups in total. The second-order valence-electron chi connectivity index (χ2n) is 4.83. The highest BCUT2D eigenvalue weighted by atomic mass is 32.2. The molecular formula is C16H19N3OS. The third-order valence-electron chi connectivity index (χ3n) is 3.19. The van der Waals surface area contributed by atoms with Gasteiger partial charge in [0.05, 0.1) is 17.0 Å². The van der Waals surface area contributed by atoms with Crippen LogP contribution in [0, 0.1) is 11.3 Å². The summed E-state index contributed by atoms with van der Waals surface area (Å²) < 4.78 is 1.78. The predicted molar refractivity (Wildman–Crippen MR) is 86.5 cm³/mol. The van der Waals surface area contributed by atoms with Crippen molar-refractivity contribution in [2.75, 3.05) is 5.75 Å². The molecule has 0 aliphatic heterocycles. The van der Waals surface area contributed by atoms with Crippen LogP contribution < -0.4 is 5.56 Å². The van der Waals surface area contributed by atoms with Gasteiger partial charge in [0, 0.05) is 18.7 Å². The molecule has 21 heavy (non-hydrogen) atoms. The third-order valence-corrected chi connectivity index (χ3v) is 4.25. The summed E-state index contributed by atoms with van der Waals surface area (Å²) in [7, 11) is 0. The van der Waals surface area contributed by atoms with E-state index < -0.39 is 0 Å². The lowest BCUT2D eigenvalue weighted by Gasteiger charge is -2.12. The van der Waals surface area contributed by atoms with Crippen LogP contribution in [0.3, 0.4) is 0 Å². The van der Waals surface area contributed by atoms with E-state index in [0.29, 0.717) is 18.4 Å². The van der Waals surface area contributed by atoms with E-state index in [1.807, 2.05) is 24.3 Å². The summed E-state index contributed by atoms with van der Waals surface area (Å²) in [5.74, 6) is 0.885. The molecule has 0 atom stereocenters. The first-order valence-electron chi connectivity index (χ1n) is 7.27. The summed E-state index contributed by atoms with van der Waals surface area (Å²) in [5.41, 5.74) is 0.802. The Kier molecular flexibility index (Phi) is 5.82. The Morgan fingerprint density at radius 3 is 2.90 bits per heavy atom. The van der Waals surface area contributed by atoms with Gasteiger partial charge >= 0.3 is 0 Å². The van der Waals surface area contributed by atoms with Crippen molar-refractivity contribution in [2.45, 2.75) is 44.3 Å². The van der Waals surface area contributed by atoms with Crippen molar-refractivity contribution in [3.63, 3.8) is 0 Å². The molecule has 5 heteroatoms. The maximum absolute atomic E-state index is 12.5. The fourth-order valence-corrected chi connectivity index (χ4v) is 3.17. The number of para-hydroxylation sites is 1. The van der Waals surface area contributed by atoms with E-state index in [-0.39, 0.29) is 5.56 Å². The highest BCUT2D eigenvalue weighted by molar-refractivity contribution is 7.99. The molecule has 1 aromatic heterocycles. The molecule has 1 heterocycles. The van der Waals surface area contributed by atoms with Crippen LogP contribution in [-0.2, 0) is 6.54 Å². The van der Waals surface area contributed by atoms with Gasteiger partial charge in [0.2, 0.25) is 0 Å². The predicted octanol–water partition coefficient (Wildman–Crippen LogP) is 3.59. The van der Waals surface area contributed by atoms with Gasteiger partial charge in [0.25, 0.3) is 5.56 Å². The molecule has 0 spiro atoms. The Hall–Kier alpha value is -1.80. The smallest absolute Gasteiger partial charge is 0.262 e. The SMILES string of the molecule is CCCn1c(SCCCCC#N)nc2ccccc2c1=O. The minimum atomic E-state index is 0.0435. The zero-order valence-electron chi connectivity index (χ0n) is 12.2. The maximum Gasteiger partial charge on any atom is 0.262 e. The fourth-order valence-electron chi connectivity index (χ4n) is 2.15. The van der Waals surface area contributed by atoms with Crippen molar-refractivity contribution < 1.29 is 0 Å². The van der Waals surface area contributed by atoms with Gasteiger partial charge in [-0.15, -0.1) is 0 Å². The number of nitrogens with zero attached hydrogens (tertiary/aromatic N) is 3. The molecule has 1 aromatic carbocycles. The number of nitriles is 1. The Morgan fingerprint density at radius 1 is 1.33 bits per heavy atom. The van der Waals surface area contributed by atoms with Crippen molar-refractivity contribution >= 4 is 22.7 Å². The van der Waals surface area contributed by atoms with Crippen LogP contribution in [0.1, 0.15) is 32.6 Å². The van der Waals surface area contributed by atoms with Gasteiger partial charge in [-0.25, -0.2) is 4.98 Å². The standard InChI is InChI=1S/C16H19N3OS/c1-2-11-19-15(20)13-8-4-5-9-14(13)18-16(19)21-12-7-3-6-10-17/h4-5,8-9H,2-3,6-7,11-12H2,1H3. The van der Waals surface area contributed by atoms with Gasteiger partial charge in [0.15, 0.2) is 5.16 Å². The Labute approximate surface area is 128 Å². The molecule has 2 rings (SSSR count). The zero-order chi connectivity index (χ0) is 15.1. The highest BCUT2D eigenvalue weighted by Gasteiger charge is 2.10. The molecular weight excluding hydrogens is 282 g/mol. The molecule has 110 valence electrons. The fraction of sp³-hybridized carbons (Fsp3) is 0.438. The summed E-state index contributed by atoms with van der Waals surface area (Å²) in [6.45, 7) is 2.75. The first-order valence-corrected chi connectivity index (χ1v) is 8.25. The molecule has 0 fully saturated rings. The van der Waals surface area contributed by atoms with E-state index in [1.165, 1.54) is 0 Å². The molecule has 0 aliphatic rings. The minimum absolute atomic E-state index is 0.0435. The van der Waals surface area contributed by atoms with E-state index in [0.717, 1.165) is 35.7 Å². The summed E-state index contributed by atoms with van der Waals surface area (Å²) in [5, 5.41) is 10.0. The lowest BCUT2D eigenvalue weighted by Crippen LogP contribution is -2.23. The number of fused-ring (bicyclic) bond motifs is 1. The maximum atomic E-state index is 12.5. The van der Waals surface area contributed by atoms with Crippen LogP contribution in [0.4, 0.5) is 0 Å². The molecule has 4 nitrogen and oxygen atoms in total. The highest BCUT2D eigenvalue weighted by Crippen LogP contribution is 2.19. The van der Waals surface area contributed by atoms with Crippen molar-refractivity contribution in [2.24, 2.45) is 0 Å². The molecule has 2 aromatic rings. The van der Waals surface area contributed by atoms with E-state index in [9.17, 15) is 4.79 Å². The molecule has 0 radical (unpaired) electrons. The number of unbranched alkanes of at least 4 members (excludes halogenated alkanes) is 2. The van der Waals surface area contributed by atoms with Crippen molar-refractivity contribution in [1.29, 1.82) is 5.26 Å². The summed E-state index contributed by atoms with van der Waals surface area (Å²) >= 11 is 1.61. The van der Waals surface area contributed by atoms with E-state index >= 15 is 0 Å². The number of hydrogen-bond donors (Lipinski definition) is 0. The minimum Gasteiger partial charge on any atom is -0.287 e. The topological polar surface area (TPSA) is 58.7 Å². The van der Waals surface area contributed by atoms with Gasteiger partial charge < -0.3 is 0 Å². The van der Waals surface area contributed by atoms with Gasteiger partial charge in [-0.1, -0.05) is 30.8 Å². The number of rotatable bonds is 7. The van der Waals surface area contributed by atoms with Crippen LogP contribution in [0.5, 0.6) is 0 Å². The molecule has 0 bridgehead atoms. The second-order valence-corrected chi connectivity index (χ2v) is 5.89. The van der Waals surface area contributed by atoms with Crippen LogP contribution in [0.15, 0.2) is 34.2 Å². The van der Waals surface area contributed by atoms with Gasteiger partial charge in [-0.2, -0.15) is 5.26 Å². The first kappa shape index (κ1) is 15.6. The molecule has 0 unspecified atom stereocenters. The number of thioether (sulfide) groups is 1. The van der Waals surface area contributed by atoms with Gasteiger partial charge in [0.1, 0.15) is 0 Å². The van der Waals surface area contributed by atoms with Gasteiger partial charge in [-0.3, -0.25) is 9.36 Å². The first-order chi connectivity index (χ1) is 10.3. The lowest BCUT2D eigenvalue weighted by atomic mass is 10.2. The van der Waals surface area contributed by atoms with Crippen molar-refractivity contribution in [3.05, 3.63) is 34.6 Å². The van der Waals surface area contributed by atoms with Crippen LogP contribution in [-0.4, -0.2) is 15.3 Å². The van der Waals surface area contributed by atoms with Crippen LogP contribution in [0.2, 0.25) is 0 Å². The lowest BCUT2D eigenvalue weighted by molar-refractivity contribution is 0.584. The number of hydrogen-bond acceptors (Lipinski definition) is 4. The molecule has 0 saturated heterocycles. The average Bonchev–Trinajstić information content (AvgIpc) is 2.51. The largest absolute Gasteiger partial charge is 0.287 e. The van der Waals surface area contributed by atoms with Crippen molar-refractivity contribution in [1.82, 2.24) is 9.55 Å². The summed E-state index contributed by atoms with van der Waals surface area (Å²) in [6.07, 6.45) is 3.36. The summed E-state index contributed by atoms with van der Waals surface area (Å²) in [4.78, 5) is 17.2. The van der Waals surface area contributed by atoms with E-state index in [4.69, 9.17) is 5.26 Å². The quantitative estimate of drug-likeness (QED) is 0.445. The van der Waals surface area contributed by atoms with E-state index in [1.54, 1.807) is 16.3 Å². The average molecular weight is 301 g/mol. The third kappa shape index (κ3) is 3.85. The van der Waals surface area contributed by atoms with Crippen molar-refractivity contribution in [3.8, 4) is 6.07 Å². The van der Waals surface area contributed by atoms with Gasteiger partial charge in [-0.05, 0) is 31.4 Å². The van der Waals surface area contributed by atoms with Crippen LogP contribution >= 0.6 is 11.8 Å². The van der Waals surface area contributed by atoms with E-state index in [2.05, 4.69) is 18.0 Å². The zero-order valence-corrected chi connectivity index (χ0v) is 13.0. The Bertz CT molecular complexity index is 703. The molecule has 0 aliphatic carbocycles. The Balaban J connectivity index is 2.26. The molecule has 0 amide bonds. The number of aromatic nitrogens is 2.